The van der Waals surface area contributed by atoms with Crippen LogP contribution in [0.5, 0.6) is 0 Å². The van der Waals surface area contributed by atoms with Gasteiger partial charge >= 0.3 is 0 Å². The lowest BCUT2D eigenvalue weighted by atomic mass is 9.64. The lowest BCUT2D eigenvalue weighted by Crippen LogP contribution is -2.63. The molecule has 1 aromatic heterocycles. The van der Waals surface area contributed by atoms with Crippen molar-refractivity contribution >= 4 is 41.3 Å². The van der Waals surface area contributed by atoms with E-state index < -0.39 is 0 Å². The summed E-state index contributed by atoms with van der Waals surface area (Å²) >= 11 is 1.73. The first-order valence-corrected chi connectivity index (χ1v) is 8.13. The predicted octanol–water partition coefficient (Wildman–Crippen LogP) is 2.86. The summed E-state index contributed by atoms with van der Waals surface area (Å²) < 4.78 is 5.49. The molecule has 0 amide bonds. The van der Waals surface area contributed by atoms with Crippen LogP contribution in [0.1, 0.15) is 35.8 Å². The lowest BCUT2D eigenvalue weighted by Gasteiger charge is -2.51. The molecule has 1 aromatic rings. The molecular weight excluding hydrogens is 411 g/mol. The van der Waals surface area contributed by atoms with Gasteiger partial charge in [-0.2, -0.15) is 0 Å². The van der Waals surface area contributed by atoms with Gasteiger partial charge in [-0.05, 0) is 20.3 Å². The first-order valence-electron chi connectivity index (χ1n) is 7.31. The van der Waals surface area contributed by atoms with E-state index >= 15 is 0 Å². The fourth-order valence-electron chi connectivity index (χ4n) is 2.79. The van der Waals surface area contributed by atoms with Crippen molar-refractivity contribution < 1.29 is 4.74 Å². The molecule has 0 spiro atoms. The van der Waals surface area contributed by atoms with Gasteiger partial charge < -0.3 is 15.4 Å². The molecule has 1 heterocycles. The Morgan fingerprint density at radius 3 is 2.59 bits per heavy atom. The van der Waals surface area contributed by atoms with Gasteiger partial charge in [0.25, 0.3) is 0 Å². The molecule has 1 fully saturated rings. The fourth-order valence-corrected chi connectivity index (χ4v) is 3.67. The monoisotopic (exact) mass is 438 g/mol. The van der Waals surface area contributed by atoms with Gasteiger partial charge in [0, 0.05) is 30.5 Å². The maximum absolute atomic E-state index is 5.49. The predicted molar refractivity (Wildman–Crippen MR) is 103 cm³/mol. The van der Waals surface area contributed by atoms with Crippen molar-refractivity contribution in [2.45, 2.75) is 52.8 Å². The first kappa shape index (κ1) is 19.6. The molecule has 2 N–H and O–H groups in total. The van der Waals surface area contributed by atoms with Gasteiger partial charge in [-0.25, -0.2) is 4.98 Å². The summed E-state index contributed by atoms with van der Waals surface area (Å²) in [5.74, 6) is 0.841. The van der Waals surface area contributed by atoms with Crippen molar-refractivity contribution in [2.75, 3.05) is 14.2 Å². The number of rotatable bonds is 4. The van der Waals surface area contributed by atoms with Crippen molar-refractivity contribution in [3.05, 3.63) is 15.6 Å². The van der Waals surface area contributed by atoms with Gasteiger partial charge in [-0.3, -0.25) is 4.99 Å². The highest BCUT2D eigenvalue weighted by atomic mass is 127. The van der Waals surface area contributed by atoms with E-state index in [1.807, 2.05) is 6.92 Å². The molecule has 126 valence electrons. The van der Waals surface area contributed by atoms with Gasteiger partial charge in [-0.1, -0.05) is 13.8 Å². The average Bonchev–Trinajstić information content (AvgIpc) is 2.75. The standard InChI is InChI=1S/C15H26N4OS.HI/c1-9-11(21-10(2)18-9)8-17-14(16-5)19-12-7-13(20-6)15(12,3)4;/h12-13H,7-8H2,1-6H3,(H2,16,17,19);1H. The number of thiazole rings is 1. The second kappa shape index (κ2) is 7.92. The molecule has 0 radical (unpaired) electrons. The third-order valence-electron chi connectivity index (χ3n) is 4.41. The van der Waals surface area contributed by atoms with Gasteiger partial charge in [0.2, 0.25) is 0 Å². The van der Waals surface area contributed by atoms with Crippen LogP contribution in [-0.4, -0.2) is 37.2 Å². The molecule has 0 aromatic carbocycles. The number of guanidine groups is 1. The molecule has 0 saturated heterocycles. The summed E-state index contributed by atoms with van der Waals surface area (Å²) in [7, 11) is 3.59. The quantitative estimate of drug-likeness (QED) is 0.431. The van der Waals surface area contributed by atoms with Crippen molar-refractivity contribution in [3.8, 4) is 0 Å². The van der Waals surface area contributed by atoms with Crippen LogP contribution in [0.2, 0.25) is 0 Å². The number of ether oxygens (including phenoxy) is 1. The maximum Gasteiger partial charge on any atom is 0.191 e. The molecule has 5 nitrogen and oxygen atoms in total. The minimum absolute atomic E-state index is 0. The zero-order valence-electron chi connectivity index (χ0n) is 14.2. The van der Waals surface area contributed by atoms with E-state index in [1.54, 1.807) is 25.5 Å². The fraction of sp³-hybridized carbons (Fsp3) is 0.733. The third kappa shape index (κ3) is 4.11. The van der Waals surface area contributed by atoms with Gasteiger partial charge in [0.15, 0.2) is 5.96 Å². The van der Waals surface area contributed by atoms with Crippen LogP contribution in [-0.2, 0) is 11.3 Å². The zero-order chi connectivity index (χ0) is 15.6. The van der Waals surface area contributed by atoms with Crippen LogP contribution in [0.15, 0.2) is 4.99 Å². The number of aromatic nitrogens is 1. The topological polar surface area (TPSA) is 58.5 Å². The van der Waals surface area contributed by atoms with Gasteiger partial charge in [0.1, 0.15) is 0 Å². The van der Waals surface area contributed by atoms with Crippen LogP contribution in [0, 0.1) is 19.3 Å². The smallest absolute Gasteiger partial charge is 0.191 e. The number of hydrogen-bond donors (Lipinski definition) is 2. The molecule has 7 heteroatoms. The van der Waals surface area contributed by atoms with Crippen molar-refractivity contribution in [1.82, 2.24) is 15.6 Å². The number of aryl methyl sites for hydroxylation is 2. The third-order valence-corrected chi connectivity index (χ3v) is 5.49. The van der Waals surface area contributed by atoms with E-state index in [0.29, 0.717) is 12.1 Å². The molecule has 22 heavy (non-hydrogen) atoms. The van der Waals surface area contributed by atoms with E-state index in [2.05, 4.69) is 41.4 Å². The van der Waals surface area contributed by atoms with E-state index in [0.717, 1.165) is 29.6 Å². The Balaban J connectivity index is 0.00000242. The maximum atomic E-state index is 5.49. The van der Waals surface area contributed by atoms with E-state index in [-0.39, 0.29) is 29.4 Å². The van der Waals surface area contributed by atoms with Crippen molar-refractivity contribution in [3.63, 3.8) is 0 Å². The van der Waals surface area contributed by atoms with Crippen LogP contribution in [0.3, 0.4) is 0 Å². The summed E-state index contributed by atoms with van der Waals surface area (Å²) in [4.78, 5) is 10.0. The molecule has 1 aliphatic carbocycles. The normalized spacial score (nSPS) is 23.5. The van der Waals surface area contributed by atoms with E-state index in [4.69, 9.17) is 4.74 Å². The molecule has 2 atom stereocenters. The van der Waals surface area contributed by atoms with E-state index in [9.17, 15) is 0 Å². The molecule has 1 aliphatic rings. The number of nitrogens with zero attached hydrogens (tertiary/aromatic N) is 2. The Labute approximate surface area is 154 Å². The Bertz CT molecular complexity index is 530. The molecular formula is C15H27IN4OS. The Hall–Kier alpha value is -0.410. The number of methoxy groups -OCH3 is 1. The second-order valence-electron chi connectivity index (χ2n) is 6.15. The molecule has 0 aliphatic heterocycles. The highest BCUT2D eigenvalue weighted by Gasteiger charge is 2.48. The number of hydrogen-bond acceptors (Lipinski definition) is 4. The Kier molecular flexibility index (Phi) is 7.07. The van der Waals surface area contributed by atoms with E-state index in [1.165, 1.54) is 4.88 Å². The zero-order valence-corrected chi connectivity index (χ0v) is 17.3. The van der Waals surface area contributed by atoms with Gasteiger partial charge in [-0.15, -0.1) is 35.3 Å². The number of aliphatic imine (C=N–C) groups is 1. The SMILES string of the molecule is CN=C(NCc1sc(C)nc1C)NC1CC(OC)C1(C)C.I. The lowest BCUT2D eigenvalue weighted by molar-refractivity contribution is -0.0922. The highest BCUT2D eigenvalue weighted by Crippen LogP contribution is 2.42. The van der Waals surface area contributed by atoms with Crippen LogP contribution in [0.25, 0.3) is 0 Å². The van der Waals surface area contributed by atoms with Crippen LogP contribution in [0.4, 0.5) is 0 Å². The number of halogens is 1. The number of nitrogens with one attached hydrogen (secondary N) is 2. The Morgan fingerprint density at radius 1 is 1.45 bits per heavy atom. The summed E-state index contributed by atoms with van der Waals surface area (Å²) in [6.45, 7) is 9.31. The molecule has 1 saturated carbocycles. The molecule has 2 rings (SSSR count). The van der Waals surface area contributed by atoms with Crippen molar-refractivity contribution in [1.29, 1.82) is 0 Å². The van der Waals surface area contributed by atoms with Crippen LogP contribution < -0.4 is 10.6 Å². The van der Waals surface area contributed by atoms with Crippen LogP contribution >= 0.6 is 35.3 Å². The average molecular weight is 438 g/mol. The van der Waals surface area contributed by atoms with Gasteiger partial charge in [0.05, 0.1) is 23.4 Å². The molecule has 2 unspecified atom stereocenters. The summed E-state index contributed by atoms with van der Waals surface area (Å²) in [6, 6.07) is 0.387. The Morgan fingerprint density at radius 2 is 2.14 bits per heavy atom. The van der Waals surface area contributed by atoms with Crippen molar-refractivity contribution in [2.24, 2.45) is 10.4 Å². The first-order chi connectivity index (χ1) is 9.88. The second-order valence-corrected chi connectivity index (χ2v) is 7.43. The summed E-state index contributed by atoms with van der Waals surface area (Å²) in [5, 5.41) is 7.98. The highest BCUT2D eigenvalue weighted by molar-refractivity contribution is 14.0. The summed E-state index contributed by atoms with van der Waals surface area (Å²) in [5.41, 5.74) is 1.23. The minimum Gasteiger partial charge on any atom is -0.381 e. The molecule has 0 bridgehead atoms. The largest absolute Gasteiger partial charge is 0.381 e. The minimum atomic E-state index is 0. The summed E-state index contributed by atoms with van der Waals surface area (Å²) in [6.07, 6.45) is 1.34.